The summed E-state index contributed by atoms with van der Waals surface area (Å²) < 4.78 is 42.9. The topological polar surface area (TPSA) is 114 Å². The summed E-state index contributed by atoms with van der Waals surface area (Å²) in [4.78, 5) is 25.3. The Bertz CT molecular complexity index is 910. The fourth-order valence-electron chi connectivity index (χ4n) is 2.87. The van der Waals surface area contributed by atoms with E-state index in [1.807, 2.05) is 0 Å². The highest BCUT2D eigenvalue weighted by Crippen LogP contribution is 2.25. The van der Waals surface area contributed by atoms with Gasteiger partial charge in [0.05, 0.1) is 11.5 Å². The molecule has 1 aliphatic heterocycles. The first-order chi connectivity index (χ1) is 14.9. The van der Waals surface area contributed by atoms with Crippen LogP contribution in [-0.2, 0) is 35.6 Å². The first-order valence-corrected chi connectivity index (χ1v) is 11.9. The molecule has 0 saturated carbocycles. The summed E-state index contributed by atoms with van der Waals surface area (Å²) in [7, 11) is -2.35. The van der Waals surface area contributed by atoms with E-state index in [1.54, 1.807) is 20.8 Å². The zero-order valence-electron chi connectivity index (χ0n) is 18.7. The first-order valence-electron chi connectivity index (χ1n) is 10.0. The summed E-state index contributed by atoms with van der Waals surface area (Å²) >= 11 is 6.17. The van der Waals surface area contributed by atoms with Gasteiger partial charge >= 0.3 is 6.09 Å². The molecular weight excluding hydrogens is 462 g/mol. The van der Waals surface area contributed by atoms with Crippen molar-refractivity contribution in [3.63, 3.8) is 0 Å². The fraction of sp³-hybridized carbons (Fsp3) is 0.600. The maximum Gasteiger partial charge on any atom is 0.410 e. The van der Waals surface area contributed by atoms with Crippen LogP contribution in [0.4, 0.5) is 4.79 Å². The summed E-state index contributed by atoms with van der Waals surface area (Å²) in [5.74, 6) is -0.366. The second kappa shape index (κ2) is 11.3. The number of benzene rings is 1. The van der Waals surface area contributed by atoms with Gasteiger partial charge in [-0.1, -0.05) is 11.6 Å². The SMILES string of the molecule is COCNC(=O)COCc1cc(S(=O)(=O)N2CCN(C(=O)OC(C)(C)C)CC2)ccc1Cl. The van der Waals surface area contributed by atoms with Crippen molar-refractivity contribution >= 4 is 33.6 Å². The number of amides is 2. The normalized spacial score (nSPS) is 15.5. The molecule has 1 heterocycles. The van der Waals surface area contributed by atoms with Gasteiger partial charge in [-0.05, 0) is 44.5 Å². The minimum atomic E-state index is -3.79. The third-order valence-corrected chi connectivity index (χ3v) is 6.71. The number of piperazine rings is 1. The van der Waals surface area contributed by atoms with Crippen molar-refractivity contribution in [2.24, 2.45) is 0 Å². The average Bonchev–Trinajstić information content (AvgIpc) is 2.72. The molecule has 0 radical (unpaired) electrons. The molecule has 1 aliphatic rings. The molecule has 1 fully saturated rings. The van der Waals surface area contributed by atoms with Crippen LogP contribution in [0.15, 0.2) is 23.1 Å². The molecule has 2 rings (SSSR count). The molecule has 1 saturated heterocycles. The van der Waals surface area contributed by atoms with Crippen molar-refractivity contribution in [2.75, 3.05) is 46.6 Å². The van der Waals surface area contributed by atoms with E-state index < -0.39 is 21.7 Å². The van der Waals surface area contributed by atoms with Crippen molar-refractivity contribution in [3.8, 4) is 0 Å². The maximum atomic E-state index is 13.1. The van der Waals surface area contributed by atoms with E-state index in [2.05, 4.69) is 5.32 Å². The molecule has 0 unspecified atom stereocenters. The molecular formula is C20H30ClN3O7S. The molecule has 0 spiro atoms. The monoisotopic (exact) mass is 491 g/mol. The van der Waals surface area contributed by atoms with Gasteiger partial charge in [0.2, 0.25) is 15.9 Å². The van der Waals surface area contributed by atoms with Gasteiger partial charge in [0.1, 0.15) is 18.9 Å². The number of halogens is 1. The van der Waals surface area contributed by atoms with Gasteiger partial charge in [-0.25, -0.2) is 13.2 Å². The van der Waals surface area contributed by atoms with Gasteiger partial charge < -0.3 is 24.4 Å². The number of nitrogens with zero attached hydrogens (tertiary/aromatic N) is 2. The lowest BCUT2D eigenvalue weighted by molar-refractivity contribution is -0.127. The summed E-state index contributed by atoms with van der Waals surface area (Å²) in [6.45, 7) is 5.91. The molecule has 12 heteroatoms. The third-order valence-electron chi connectivity index (χ3n) is 4.45. The van der Waals surface area contributed by atoms with Crippen LogP contribution in [0.25, 0.3) is 0 Å². The summed E-state index contributed by atoms with van der Waals surface area (Å²) in [5.41, 5.74) is -0.174. The second-order valence-corrected chi connectivity index (χ2v) is 10.5. The molecule has 0 aliphatic carbocycles. The van der Waals surface area contributed by atoms with E-state index in [9.17, 15) is 18.0 Å². The lowest BCUT2D eigenvalue weighted by atomic mass is 10.2. The van der Waals surface area contributed by atoms with E-state index in [-0.39, 0.29) is 56.9 Å². The highest BCUT2D eigenvalue weighted by molar-refractivity contribution is 7.89. The highest BCUT2D eigenvalue weighted by atomic mass is 35.5. The number of rotatable bonds is 8. The maximum absolute atomic E-state index is 13.1. The zero-order valence-corrected chi connectivity index (χ0v) is 20.3. The summed E-state index contributed by atoms with van der Waals surface area (Å²) in [6.07, 6.45) is -0.463. The van der Waals surface area contributed by atoms with Gasteiger partial charge in [-0.3, -0.25) is 4.79 Å². The highest BCUT2D eigenvalue weighted by Gasteiger charge is 2.32. The van der Waals surface area contributed by atoms with Gasteiger partial charge in [-0.2, -0.15) is 4.31 Å². The Morgan fingerprint density at radius 1 is 1.16 bits per heavy atom. The van der Waals surface area contributed by atoms with Gasteiger partial charge in [0.15, 0.2) is 0 Å². The number of carbonyl (C=O) groups excluding carboxylic acids is 2. The Morgan fingerprint density at radius 2 is 1.81 bits per heavy atom. The Labute approximate surface area is 193 Å². The molecule has 0 bridgehead atoms. The lowest BCUT2D eigenvalue weighted by Crippen LogP contribution is -2.51. The van der Waals surface area contributed by atoms with Gasteiger partial charge in [0.25, 0.3) is 0 Å². The standard InChI is InChI=1S/C20H30ClN3O7S/c1-20(2,3)31-19(26)23-7-9-24(10-8-23)32(27,28)16-5-6-17(21)15(11-16)12-30-13-18(25)22-14-29-4/h5-6,11H,7-10,12-14H2,1-4H3,(H,22,25). The van der Waals surface area contributed by atoms with Crippen molar-refractivity contribution < 1.29 is 32.2 Å². The van der Waals surface area contributed by atoms with Crippen LogP contribution in [0.1, 0.15) is 26.3 Å². The van der Waals surface area contributed by atoms with Crippen LogP contribution < -0.4 is 5.32 Å². The molecule has 2 amide bonds. The fourth-order valence-corrected chi connectivity index (χ4v) is 4.51. The van der Waals surface area contributed by atoms with Crippen LogP contribution in [-0.4, -0.2) is 81.9 Å². The number of carbonyl (C=O) groups is 2. The number of hydrogen-bond donors (Lipinski definition) is 1. The van der Waals surface area contributed by atoms with E-state index in [0.717, 1.165) is 0 Å². The number of methoxy groups -OCH3 is 1. The first kappa shape index (κ1) is 26.3. The third kappa shape index (κ3) is 7.59. The van der Waals surface area contributed by atoms with Crippen LogP contribution in [0.3, 0.4) is 0 Å². The minimum Gasteiger partial charge on any atom is -0.444 e. The molecule has 1 N–H and O–H groups in total. The van der Waals surface area contributed by atoms with E-state index in [0.29, 0.717) is 10.6 Å². The predicted molar refractivity (Wildman–Crippen MR) is 118 cm³/mol. The van der Waals surface area contributed by atoms with Crippen molar-refractivity contribution in [1.82, 2.24) is 14.5 Å². The van der Waals surface area contributed by atoms with Crippen molar-refractivity contribution in [3.05, 3.63) is 28.8 Å². The van der Waals surface area contributed by atoms with Crippen LogP contribution >= 0.6 is 11.6 Å². The molecule has 10 nitrogen and oxygen atoms in total. The molecule has 1 aromatic rings. The van der Waals surface area contributed by atoms with Crippen LogP contribution in [0.2, 0.25) is 5.02 Å². The van der Waals surface area contributed by atoms with E-state index in [4.69, 9.17) is 25.8 Å². The van der Waals surface area contributed by atoms with E-state index in [1.165, 1.54) is 34.5 Å². The predicted octanol–water partition coefficient (Wildman–Crippen LogP) is 1.82. The molecule has 1 aromatic carbocycles. The van der Waals surface area contributed by atoms with Crippen molar-refractivity contribution in [2.45, 2.75) is 37.9 Å². The van der Waals surface area contributed by atoms with Crippen LogP contribution in [0, 0.1) is 0 Å². The van der Waals surface area contributed by atoms with Crippen LogP contribution in [0.5, 0.6) is 0 Å². The average molecular weight is 492 g/mol. The Hall–Kier alpha value is -1.92. The Kier molecular flexibility index (Phi) is 9.28. The second-order valence-electron chi connectivity index (χ2n) is 8.15. The number of hydrogen-bond acceptors (Lipinski definition) is 7. The molecule has 0 atom stereocenters. The van der Waals surface area contributed by atoms with E-state index >= 15 is 0 Å². The molecule has 180 valence electrons. The Morgan fingerprint density at radius 3 is 2.41 bits per heavy atom. The zero-order chi connectivity index (χ0) is 23.9. The number of ether oxygens (including phenoxy) is 3. The van der Waals surface area contributed by atoms with Gasteiger partial charge in [-0.15, -0.1) is 0 Å². The largest absolute Gasteiger partial charge is 0.444 e. The van der Waals surface area contributed by atoms with Gasteiger partial charge in [0, 0.05) is 38.3 Å². The molecule has 0 aromatic heterocycles. The van der Waals surface area contributed by atoms with Crippen molar-refractivity contribution in [1.29, 1.82) is 0 Å². The number of nitrogens with one attached hydrogen (secondary N) is 1. The Balaban J connectivity index is 2.00. The quantitative estimate of drug-likeness (QED) is 0.551. The number of sulfonamides is 1. The molecule has 32 heavy (non-hydrogen) atoms. The smallest absolute Gasteiger partial charge is 0.410 e. The summed E-state index contributed by atoms with van der Waals surface area (Å²) in [6, 6.07) is 4.34. The minimum absolute atomic E-state index is 0.0327. The summed E-state index contributed by atoms with van der Waals surface area (Å²) in [5, 5.41) is 2.81. The lowest BCUT2D eigenvalue weighted by Gasteiger charge is -2.35.